The monoisotopic (exact) mass is 386 g/mol. The van der Waals surface area contributed by atoms with Crippen LogP contribution < -0.4 is 10.6 Å². The highest BCUT2D eigenvalue weighted by Crippen LogP contribution is 2.87. The summed E-state index contributed by atoms with van der Waals surface area (Å²) in [6, 6.07) is 0.912. The second-order valence-electron chi connectivity index (χ2n) is 11.8. The van der Waals surface area contributed by atoms with Crippen LogP contribution in [0.5, 0.6) is 0 Å². The van der Waals surface area contributed by atoms with Gasteiger partial charge in [-0.05, 0) is 106 Å². The fraction of sp³-hybridized carbons (Fsp3) is 0.920. The van der Waals surface area contributed by atoms with Gasteiger partial charge in [-0.3, -0.25) is 0 Å². The van der Waals surface area contributed by atoms with Crippen molar-refractivity contribution in [1.82, 2.24) is 10.6 Å². The summed E-state index contributed by atoms with van der Waals surface area (Å²) >= 11 is 0. The maximum absolute atomic E-state index is 11.2. The molecule has 3 heteroatoms. The van der Waals surface area contributed by atoms with Crippen LogP contribution in [0.2, 0.25) is 0 Å². The molecule has 0 aromatic rings. The Bertz CT molecular complexity index is 692. The fourth-order valence-electron chi connectivity index (χ4n) is 10.1. The number of aliphatic hydroxyl groups excluding tert-OH is 1. The molecule has 0 aliphatic heterocycles. The molecule has 0 aromatic carbocycles. The van der Waals surface area contributed by atoms with Gasteiger partial charge in [0.25, 0.3) is 0 Å². The van der Waals surface area contributed by atoms with Gasteiger partial charge < -0.3 is 15.7 Å². The summed E-state index contributed by atoms with van der Waals surface area (Å²) in [5.74, 6) is 1.90. The second-order valence-corrected chi connectivity index (χ2v) is 11.8. The minimum Gasteiger partial charge on any atom is -0.393 e. The zero-order chi connectivity index (χ0) is 20.1. The summed E-state index contributed by atoms with van der Waals surface area (Å²) in [5.41, 5.74) is 3.12. The van der Waals surface area contributed by atoms with Crippen molar-refractivity contribution in [1.29, 1.82) is 0 Å². The quantitative estimate of drug-likeness (QED) is 0.639. The van der Waals surface area contributed by atoms with Crippen molar-refractivity contribution < 1.29 is 5.11 Å². The van der Waals surface area contributed by atoms with E-state index in [2.05, 4.69) is 52.1 Å². The predicted octanol–water partition coefficient (Wildman–Crippen LogP) is 4.12. The lowest BCUT2D eigenvalue weighted by Gasteiger charge is -2.61. The summed E-state index contributed by atoms with van der Waals surface area (Å²) in [5, 5.41) is 18.2. The summed E-state index contributed by atoms with van der Waals surface area (Å²) in [7, 11) is 4.17. The van der Waals surface area contributed by atoms with Crippen LogP contribution >= 0.6 is 0 Å². The van der Waals surface area contributed by atoms with E-state index >= 15 is 0 Å². The molecule has 5 aliphatic rings. The first kappa shape index (κ1) is 19.6. The SMILES string of the molecule is C=C1[C@@H](NC)CC[C@]23C[C@@]24CC[C@]2(C)[C@@H]([C@H](C)NC)[C@H](O)C[C@@]2(C)[C@@H]4CC[C@@H]13. The van der Waals surface area contributed by atoms with E-state index in [9.17, 15) is 5.11 Å². The summed E-state index contributed by atoms with van der Waals surface area (Å²) in [6.45, 7) is 12.0. The molecule has 0 heterocycles. The van der Waals surface area contributed by atoms with Gasteiger partial charge in [0.15, 0.2) is 0 Å². The van der Waals surface area contributed by atoms with Crippen LogP contribution in [0, 0.1) is 39.4 Å². The molecule has 0 amide bonds. The van der Waals surface area contributed by atoms with E-state index in [1.807, 2.05) is 0 Å². The Morgan fingerprint density at radius 1 is 1.04 bits per heavy atom. The average Bonchev–Trinajstić information content (AvgIpc) is 3.27. The summed E-state index contributed by atoms with van der Waals surface area (Å²) in [6.07, 6.45) is 10.3. The molecular formula is C25H42N2O. The number of aliphatic hydroxyl groups is 1. The minimum atomic E-state index is -0.157. The van der Waals surface area contributed by atoms with Gasteiger partial charge >= 0.3 is 0 Å². The molecule has 5 aliphatic carbocycles. The molecule has 3 N–H and O–H groups in total. The number of fused-ring (bicyclic) bond motifs is 2. The number of hydrogen-bond acceptors (Lipinski definition) is 3. The van der Waals surface area contributed by atoms with Crippen molar-refractivity contribution in [2.24, 2.45) is 39.4 Å². The summed E-state index contributed by atoms with van der Waals surface area (Å²) < 4.78 is 0. The molecule has 2 spiro atoms. The van der Waals surface area contributed by atoms with Gasteiger partial charge in [0, 0.05) is 18.0 Å². The van der Waals surface area contributed by atoms with Crippen LogP contribution in [0.4, 0.5) is 0 Å². The maximum Gasteiger partial charge on any atom is 0.0594 e. The molecule has 0 unspecified atom stereocenters. The van der Waals surface area contributed by atoms with Crippen molar-refractivity contribution in [3.63, 3.8) is 0 Å². The van der Waals surface area contributed by atoms with Gasteiger partial charge in [-0.1, -0.05) is 26.0 Å². The van der Waals surface area contributed by atoms with Crippen molar-refractivity contribution in [3.8, 4) is 0 Å². The normalized spacial score (nSPS) is 58.4. The molecule has 5 fully saturated rings. The van der Waals surface area contributed by atoms with E-state index in [0.717, 1.165) is 18.3 Å². The van der Waals surface area contributed by atoms with Crippen molar-refractivity contribution >= 4 is 0 Å². The highest BCUT2D eigenvalue weighted by molar-refractivity contribution is 5.35. The highest BCUT2D eigenvalue weighted by Gasteiger charge is 2.81. The van der Waals surface area contributed by atoms with Gasteiger partial charge in [-0.2, -0.15) is 0 Å². The standard InChI is InChI=1S/C25H42N2O/c1-15-17-7-8-20-23(4)13-19(28)21(16(2)26-5)22(23,3)11-12-25(20)14-24(17,25)10-9-18(15)27-6/h16-21,26-28H,1,7-14H2,2-6H3/t16-,17-,18-,19+,20-,21-,22+,23-,24+,25+/m0/s1. The van der Waals surface area contributed by atoms with Crippen molar-refractivity contribution in [2.45, 2.75) is 90.3 Å². The Labute approximate surface area is 172 Å². The fourth-order valence-corrected chi connectivity index (χ4v) is 10.1. The van der Waals surface area contributed by atoms with Gasteiger partial charge in [0.2, 0.25) is 0 Å². The lowest BCUT2D eigenvalue weighted by molar-refractivity contribution is -0.120. The molecule has 3 nitrogen and oxygen atoms in total. The van der Waals surface area contributed by atoms with Crippen molar-refractivity contribution in [2.75, 3.05) is 14.1 Å². The molecule has 0 aromatic heterocycles. The topological polar surface area (TPSA) is 44.3 Å². The van der Waals surface area contributed by atoms with Gasteiger partial charge in [0.1, 0.15) is 0 Å². The van der Waals surface area contributed by atoms with E-state index in [4.69, 9.17) is 0 Å². The molecule has 158 valence electrons. The smallest absolute Gasteiger partial charge is 0.0594 e. The average molecular weight is 387 g/mol. The summed E-state index contributed by atoms with van der Waals surface area (Å²) in [4.78, 5) is 0. The first-order valence-corrected chi connectivity index (χ1v) is 11.9. The number of rotatable bonds is 3. The third kappa shape index (κ3) is 1.98. The van der Waals surface area contributed by atoms with E-state index in [-0.39, 0.29) is 16.9 Å². The third-order valence-electron chi connectivity index (χ3n) is 11.6. The first-order chi connectivity index (χ1) is 13.2. The predicted molar refractivity (Wildman–Crippen MR) is 115 cm³/mol. The maximum atomic E-state index is 11.2. The Balaban J connectivity index is 1.51. The van der Waals surface area contributed by atoms with E-state index in [0.29, 0.717) is 28.8 Å². The van der Waals surface area contributed by atoms with Gasteiger partial charge in [0.05, 0.1) is 6.10 Å². The van der Waals surface area contributed by atoms with Crippen molar-refractivity contribution in [3.05, 3.63) is 12.2 Å². The lowest BCUT2D eigenvalue weighted by atomic mass is 9.43. The largest absolute Gasteiger partial charge is 0.393 e. The Morgan fingerprint density at radius 2 is 1.79 bits per heavy atom. The molecular weight excluding hydrogens is 344 g/mol. The van der Waals surface area contributed by atoms with Crippen LogP contribution in [-0.2, 0) is 0 Å². The number of hydrogen-bond donors (Lipinski definition) is 3. The molecule has 5 saturated carbocycles. The lowest BCUT2D eigenvalue weighted by Crippen LogP contribution is -2.56. The van der Waals surface area contributed by atoms with Crippen LogP contribution in [0.15, 0.2) is 12.2 Å². The Morgan fingerprint density at radius 3 is 2.46 bits per heavy atom. The van der Waals surface area contributed by atoms with Crippen LogP contribution in [0.25, 0.3) is 0 Å². The van der Waals surface area contributed by atoms with E-state index in [1.165, 1.54) is 50.5 Å². The molecule has 0 saturated heterocycles. The second kappa shape index (κ2) is 5.86. The zero-order valence-electron chi connectivity index (χ0n) is 18.8. The Hall–Kier alpha value is -0.380. The van der Waals surface area contributed by atoms with Gasteiger partial charge in [-0.25, -0.2) is 0 Å². The molecule has 5 rings (SSSR count). The number of nitrogens with one attached hydrogen (secondary N) is 2. The van der Waals surface area contributed by atoms with Crippen LogP contribution in [0.3, 0.4) is 0 Å². The van der Waals surface area contributed by atoms with Gasteiger partial charge in [-0.15, -0.1) is 0 Å². The van der Waals surface area contributed by atoms with E-state index in [1.54, 1.807) is 0 Å². The first-order valence-electron chi connectivity index (χ1n) is 11.9. The van der Waals surface area contributed by atoms with Crippen LogP contribution in [-0.4, -0.2) is 37.4 Å². The Kier molecular flexibility index (Phi) is 4.09. The zero-order valence-corrected chi connectivity index (χ0v) is 18.8. The van der Waals surface area contributed by atoms with Crippen LogP contribution in [0.1, 0.15) is 72.1 Å². The highest BCUT2D eigenvalue weighted by atomic mass is 16.3. The minimum absolute atomic E-state index is 0.157. The molecule has 0 radical (unpaired) electrons. The molecule has 0 bridgehead atoms. The molecule has 28 heavy (non-hydrogen) atoms. The number of likely N-dealkylation sites (N-methyl/N-ethyl adjacent to an activating group) is 1. The third-order valence-corrected chi connectivity index (χ3v) is 11.6. The van der Waals surface area contributed by atoms with E-state index < -0.39 is 0 Å². The molecule has 10 atom stereocenters.